The molecule has 0 aromatic heterocycles. The molecular weight excluding hydrogens is 326 g/mol. The van der Waals surface area contributed by atoms with E-state index >= 15 is 0 Å². The first kappa shape index (κ1) is 18.2. The lowest BCUT2D eigenvalue weighted by molar-refractivity contribution is 0.0963. The third-order valence-electron chi connectivity index (χ3n) is 3.52. The number of rotatable bonds is 8. The Balaban J connectivity index is 2.14. The quantitative estimate of drug-likeness (QED) is 0.587. The van der Waals surface area contributed by atoms with Crippen LogP contribution in [0.2, 0.25) is 0 Å². The summed E-state index contributed by atoms with van der Waals surface area (Å²) in [4.78, 5) is 12.3. The highest BCUT2D eigenvalue weighted by Crippen LogP contribution is 2.18. The fourth-order valence-corrected chi connectivity index (χ4v) is 3.26. The molecule has 0 spiro atoms. The summed E-state index contributed by atoms with van der Waals surface area (Å²) in [7, 11) is -2.09. The van der Waals surface area contributed by atoms with E-state index in [0.29, 0.717) is 30.7 Å². The van der Waals surface area contributed by atoms with Crippen molar-refractivity contribution >= 4 is 21.5 Å². The maximum absolute atomic E-state index is 12.4. The molecule has 128 valence electrons. The zero-order chi connectivity index (χ0) is 17.6. The number of sulfonamides is 1. The van der Waals surface area contributed by atoms with Gasteiger partial charge in [-0.2, -0.15) is 0 Å². The van der Waals surface area contributed by atoms with Crippen LogP contribution in [0.15, 0.2) is 53.4 Å². The molecule has 2 aromatic rings. The summed E-state index contributed by atoms with van der Waals surface area (Å²) in [5.41, 5.74) is 1.83. The van der Waals surface area contributed by atoms with Crippen molar-refractivity contribution in [1.82, 2.24) is 0 Å². The zero-order valence-electron chi connectivity index (χ0n) is 13.8. The summed E-state index contributed by atoms with van der Waals surface area (Å²) in [6.45, 7) is 2.41. The van der Waals surface area contributed by atoms with E-state index in [1.807, 2.05) is 6.92 Å². The predicted octanol–water partition coefficient (Wildman–Crippen LogP) is 3.41. The molecule has 0 bridgehead atoms. The number of carbonyl (C=O) groups excluding carboxylic acids is 1. The van der Waals surface area contributed by atoms with Gasteiger partial charge in [-0.05, 0) is 37.6 Å². The fourth-order valence-electron chi connectivity index (χ4n) is 2.21. The van der Waals surface area contributed by atoms with Crippen LogP contribution < -0.4 is 4.72 Å². The molecule has 0 atom stereocenters. The lowest BCUT2D eigenvalue weighted by atomic mass is 10.1. The summed E-state index contributed by atoms with van der Waals surface area (Å²) in [6, 6.07) is 13.1. The number of anilines is 1. The molecule has 5 nitrogen and oxygen atoms in total. The van der Waals surface area contributed by atoms with Crippen molar-refractivity contribution in [1.29, 1.82) is 0 Å². The van der Waals surface area contributed by atoms with Crippen LogP contribution in [0, 0.1) is 6.92 Å². The summed E-state index contributed by atoms with van der Waals surface area (Å²) in [5, 5.41) is 0. The molecule has 1 N–H and O–H groups in total. The summed E-state index contributed by atoms with van der Waals surface area (Å²) in [5.74, 6) is -0.0385. The van der Waals surface area contributed by atoms with Gasteiger partial charge in [-0.15, -0.1) is 0 Å². The number of hydrogen-bond acceptors (Lipinski definition) is 4. The van der Waals surface area contributed by atoms with Crippen molar-refractivity contribution in [2.45, 2.75) is 24.7 Å². The second kappa shape index (κ2) is 8.08. The van der Waals surface area contributed by atoms with E-state index in [4.69, 9.17) is 4.74 Å². The Hall–Kier alpha value is -2.18. The highest BCUT2D eigenvalue weighted by Gasteiger charge is 2.15. The molecule has 0 aliphatic heterocycles. The van der Waals surface area contributed by atoms with Gasteiger partial charge in [0.25, 0.3) is 10.0 Å². The van der Waals surface area contributed by atoms with E-state index in [-0.39, 0.29) is 10.7 Å². The molecule has 0 aliphatic rings. The average Bonchev–Trinajstić information content (AvgIpc) is 2.55. The van der Waals surface area contributed by atoms with Gasteiger partial charge in [-0.25, -0.2) is 8.42 Å². The van der Waals surface area contributed by atoms with Crippen molar-refractivity contribution in [3.63, 3.8) is 0 Å². The van der Waals surface area contributed by atoms with Crippen LogP contribution in [0.25, 0.3) is 0 Å². The normalized spacial score (nSPS) is 11.2. The highest BCUT2D eigenvalue weighted by atomic mass is 32.2. The van der Waals surface area contributed by atoms with Gasteiger partial charge >= 0.3 is 0 Å². The van der Waals surface area contributed by atoms with Crippen LogP contribution in [0.1, 0.15) is 28.8 Å². The van der Waals surface area contributed by atoms with Gasteiger partial charge in [0.15, 0.2) is 5.78 Å². The Morgan fingerprint density at radius 1 is 1.12 bits per heavy atom. The number of nitrogens with one attached hydrogen (secondary N) is 1. The number of benzene rings is 2. The molecular formula is C18H21NO4S. The van der Waals surface area contributed by atoms with Gasteiger partial charge in [0.2, 0.25) is 0 Å². The minimum Gasteiger partial charge on any atom is -0.385 e. The van der Waals surface area contributed by atoms with Gasteiger partial charge < -0.3 is 4.74 Å². The molecule has 2 rings (SSSR count). The van der Waals surface area contributed by atoms with Crippen LogP contribution in [0.3, 0.4) is 0 Å². The first-order valence-corrected chi connectivity index (χ1v) is 9.12. The van der Waals surface area contributed by atoms with Gasteiger partial charge in [0.05, 0.1) is 4.90 Å². The van der Waals surface area contributed by atoms with Gasteiger partial charge in [0, 0.05) is 31.4 Å². The molecule has 0 fully saturated rings. The van der Waals surface area contributed by atoms with E-state index in [0.717, 1.165) is 5.56 Å². The Kier molecular flexibility index (Phi) is 6.11. The third kappa shape index (κ3) is 4.91. The monoisotopic (exact) mass is 347 g/mol. The van der Waals surface area contributed by atoms with Crippen molar-refractivity contribution in [3.8, 4) is 0 Å². The lowest BCUT2D eigenvalue weighted by Gasteiger charge is -2.09. The van der Waals surface area contributed by atoms with E-state index in [1.165, 1.54) is 0 Å². The molecule has 0 unspecified atom stereocenters. The second-order valence-electron chi connectivity index (χ2n) is 5.52. The molecule has 0 saturated heterocycles. The van der Waals surface area contributed by atoms with Crippen molar-refractivity contribution in [2.75, 3.05) is 18.4 Å². The van der Waals surface area contributed by atoms with Gasteiger partial charge in [-0.3, -0.25) is 9.52 Å². The topological polar surface area (TPSA) is 72.5 Å². The minimum absolute atomic E-state index is 0.0385. The first-order valence-electron chi connectivity index (χ1n) is 7.64. The van der Waals surface area contributed by atoms with Crippen LogP contribution in [-0.2, 0) is 14.8 Å². The smallest absolute Gasteiger partial charge is 0.261 e. The molecule has 6 heteroatoms. The van der Waals surface area contributed by atoms with Gasteiger partial charge in [0.1, 0.15) is 0 Å². The largest absolute Gasteiger partial charge is 0.385 e. The molecule has 0 amide bonds. The van der Waals surface area contributed by atoms with Crippen LogP contribution >= 0.6 is 0 Å². The van der Waals surface area contributed by atoms with E-state index in [2.05, 4.69) is 4.72 Å². The molecule has 2 aromatic carbocycles. The maximum atomic E-state index is 12.4. The van der Waals surface area contributed by atoms with Crippen molar-refractivity contribution in [3.05, 3.63) is 59.7 Å². The van der Waals surface area contributed by atoms with Gasteiger partial charge in [-0.1, -0.05) is 29.8 Å². The predicted molar refractivity (Wildman–Crippen MR) is 93.9 cm³/mol. The maximum Gasteiger partial charge on any atom is 0.261 e. The number of hydrogen-bond donors (Lipinski definition) is 1. The summed E-state index contributed by atoms with van der Waals surface area (Å²) >= 11 is 0. The lowest BCUT2D eigenvalue weighted by Crippen LogP contribution is -2.13. The summed E-state index contributed by atoms with van der Waals surface area (Å²) < 4.78 is 32.2. The van der Waals surface area contributed by atoms with E-state index < -0.39 is 10.0 Å². The number of carbonyl (C=O) groups is 1. The first-order chi connectivity index (χ1) is 11.4. The van der Waals surface area contributed by atoms with Crippen LogP contribution in [-0.4, -0.2) is 27.9 Å². The molecule has 24 heavy (non-hydrogen) atoms. The Labute approximate surface area is 142 Å². The van der Waals surface area contributed by atoms with Crippen molar-refractivity contribution < 1.29 is 17.9 Å². The SMILES string of the molecule is COCCCC(=O)c1cccc(NS(=O)(=O)c2ccc(C)cc2)c1. The number of ether oxygens (including phenoxy) is 1. The second-order valence-corrected chi connectivity index (χ2v) is 7.20. The Morgan fingerprint density at radius 2 is 1.83 bits per heavy atom. The summed E-state index contributed by atoms with van der Waals surface area (Å²) in [6.07, 6.45) is 0.997. The molecule has 0 radical (unpaired) electrons. The number of aryl methyl sites for hydroxylation is 1. The standard InChI is InChI=1S/C18H21NO4S/c1-14-8-10-17(11-9-14)24(21,22)19-16-6-3-5-15(13-16)18(20)7-4-12-23-2/h3,5-6,8-11,13,19H,4,7,12H2,1-2H3. The molecule has 0 saturated carbocycles. The fraction of sp³-hybridized carbons (Fsp3) is 0.278. The van der Waals surface area contributed by atoms with Crippen LogP contribution in [0.4, 0.5) is 5.69 Å². The van der Waals surface area contributed by atoms with Crippen LogP contribution in [0.5, 0.6) is 0 Å². The average molecular weight is 347 g/mol. The Bertz CT molecular complexity index is 798. The molecule has 0 aliphatic carbocycles. The third-order valence-corrected chi connectivity index (χ3v) is 4.92. The zero-order valence-corrected chi connectivity index (χ0v) is 14.6. The highest BCUT2D eigenvalue weighted by molar-refractivity contribution is 7.92. The molecule has 0 heterocycles. The number of ketones is 1. The Morgan fingerprint density at radius 3 is 2.50 bits per heavy atom. The number of methoxy groups -OCH3 is 1. The van der Waals surface area contributed by atoms with E-state index in [9.17, 15) is 13.2 Å². The number of Topliss-reactive ketones (excluding diaryl/α,β-unsaturated/α-hetero) is 1. The minimum atomic E-state index is -3.67. The van der Waals surface area contributed by atoms with E-state index in [1.54, 1.807) is 55.6 Å². The van der Waals surface area contributed by atoms with Crippen molar-refractivity contribution in [2.24, 2.45) is 0 Å².